The summed E-state index contributed by atoms with van der Waals surface area (Å²) < 4.78 is 1.26. The highest BCUT2D eigenvalue weighted by atomic mass is 32.1. The molecule has 0 aliphatic heterocycles. The quantitative estimate of drug-likeness (QED) is 0.518. The molecule has 2 aromatic carbocycles. The summed E-state index contributed by atoms with van der Waals surface area (Å²) in [4.78, 5) is 4.75. The van der Waals surface area contributed by atoms with Crippen LogP contribution >= 0.6 is 11.3 Å². The fourth-order valence-corrected chi connectivity index (χ4v) is 3.74. The monoisotopic (exact) mass is 324 g/mol. The number of aromatic nitrogens is 1. The molecule has 1 aromatic heterocycles. The minimum absolute atomic E-state index is 1.06. The molecule has 0 spiro atoms. The Morgan fingerprint density at radius 2 is 1.83 bits per heavy atom. The summed E-state index contributed by atoms with van der Waals surface area (Å²) in [5.41, 5.74) is 4.77. The molecule has 0 bridgehead atoms. The maximum atomic E-state index is 4.75. The summed E-state index contributed by atoms with van der Waals surface area (Å²) in [6.07, 6.45) is 5.17. The number of nitrogens with zero attached hydrogens (tertiary/aromatic N) is 1. The van der Waals surface area contributed by atoms with Crippen LogP contribution < -0.4 is 5.32 Å². The molecule has 0 fully saturated rings. The third-order valence-corrected chi connectivity index (χ3v) is 5.10. The van der Waals surface area contributed by atoms with Crippen LogP contribution in [0.1, 0.15) is 38.2 Å². The summed E-state index contributed by atoms with van der Waals surface area (Å²) in [5, 5.41) is 4.60. The van der Waals surface area contributed by atoms with E-state index in [9.17, 15) is 0 Å². The van der Waals surface area contributed by atoms with Crippen LogP contribution in [-0.2, 0) is 0 Å². The minimum atomic E-state index is 1.06. The van der Waals surface area contributed by atoms with Crippen LogP contribution in [0, 0.1) is 6.92 Å². The number of unbranched alkanes of at least 4 members (excludes halogenated alkanes) is 3. The Kier molecular flexibility index (Phi) is 5.29. The number of rotatable bonds is 7. The molecule has 0 radical (unpaired) electrons. The van der Waals surface area contributed by atoms with E-state index in [-0.39, 0.29) is 0 Å². The van der Waals surface area contributed by atoms with Gasteiger partial charge in [0.05, 0.1) is 10.2 Å². The van der Waals surface area contributed by atoms with Gasteiger partial charge < -0.3 is 5.32 Å². The second kappa shape index (κ2) is 7.60. The third-order valence-electron chi connectivity index (χ3n) is 4.04. The Labute approximate surface area is 142 Å². The molecule has 3 aromatic rings. The van der Waals surface area contributed by atoms with Gasteiger partial charge in [-0.25, -0.2) is 4.98 Å². The lowest BCUT2D eigenvalue weighted by molar-refractivity contribution is 0.685. The smallest absolute Gasteiger partial charge is 0.124 e. The number of nitrogens with one attached hydrogen (secondary N) is 1. The van der Waals surface area contributed by atoms with E-state index in [0.717, 1.165) is 17.1 Å². The SMILES string of the molecule is CCCCCCNc1ccc(-c2nc3ccc(C)cc3s2)cc1. The van der Waals surface area contributed by atoms with Crippen molar-refractivity contribution in [3.8, 4) is 10.6 Å². The van der Waals surface area contributed by atoms with Crippen LogP contribution in [-0.4, -0.2) is 11.5 Å². The van der Waals surface area contributed by atoms with Crippen molar-refractivity contribution in [2.24, 2.45) is 0 Å². The summed E-state index contributed by atoms with van der Waals surface area (Å²) >= 11 is 1.77. The van der Waals surface area contributed by atoms with Crippen LogP contribution in [0.5, 0.6) is 0 Å². The first-order valence-corrected chi connectivity index (χ1v) is 9.29. The molecule has 3 heteroatoms. The van der Waals surface area contributed by atoms with Gasteiger partial charge in [-0.2, -0.15) is 0 Å². The van der Waals surface area contributed by atoms with Crippen LogP contribution in [0.2, 0.25) is 0 Å². The minimum Gasteiger partial charge on any atom is -0.385 e. The third kappa shape index (κ3) is 4.11. The maximum Gasteiger partial charge on any atom is 0.124 e. The first-order chi connectivity index (χ1) is 11.3. The van der Waals surface area contributed by atoms with Crippen molar-refractivity contribution in [2.45, 2.75) is 39.5 Å². The molecule has 2 nitrogen and oxygen atoms in total. The van der Waals surface area contributed by atoms with Crippen molar-refractivity contribution in [3.05, 3.63) is 48.0 Å². The molecule has 0 unspecified atom stereocenters. The molecular formula is C20H24N2S. The standard InChI is InChI=1S/C20H24N2S/c1-3-4-5-6-13-21-17-10-8-16(9-11-17)20-22-18-12-7-15(2)14-19(18)23-20/h7-12,14,21H,3-6,13H2,1-2H3. The lowest BCUT2D eigenvalue weighted by atomic mass is 10.2. The van der Waals surface area contributed by atoms with Gasteiger partial charge in [-0.15, -0.1) is 11.3 Å². The summed E-state index contributed by atoms with van der Waals surface area (Å²) in [6, 6.07) is 15.1. The summed E-state index contributed by atoms with van der Waals surface area (Å²) in [5.74, 6) is 0. The van der Waals surface area contributed by atoms with Gasteiger partial charge in [0.2, 0.25) is 0 Å². The number of thiazole rings is 1. The lowest BCUT2D eigenvalue weighted by Crippen LogP contribution is -2.00. The first-order valence-electron chi connectivity index (χ1n) is 8.48. The predicted octanol–water partition coefficient (Wildman–Crippen LogP) is 6.26. The second-order valence-electron chi connectivity index (χ2n) is 6.05. The van der Waals surface area contributed by atoms with Crippen molar-refractivity contribution >= 4 is 27.2 Å². The number of fused-ring (bicyclic) bond motifs is 1. The highest BCUT2D eigenvalue weighted by molar-refractivity contribution is 7.21. The van der Waals surface area contributed by atoms with Crippen molar-refractivity contribution in [1.82, 2.24) is 4.98 Å². The zero-order valence-electron chi connectivity index (χ0n) is 13.9. The van der Waals surface area contributed by atoms with Gasteiger partial charge in [-0.05, 0) is 55.3 Å². The maximum absolute atomic E-state index is 4.75. The van der Waals surface area contributed by atoms with Gasteiger partial charge in [0.25, 0.3) is 0 Å². The Hall–Kier alpha value is -1.87. The van der Waals surface area contributed by atoms with Crippen molar-refractivity contribution in [2.75, 3.05) is 11.9 Å². The zero-order chi connectivity index (χ0) is 16.1. The normalized spacial score (nSPS) is 11.0. The van der Waals surface area contributed by atoms with Gasteiger partial charge in [-0.3, -0.25) is 0 Å². The molecule has 3 rings (SSSR count). The number of benzene rings is 2. The van der Waals surface area contributed by atoms with Crippen molar-refractivity contribution in [1.29, 1.82) is 0 Å². The Bertz CT molecular complexity index is 759. The van der Waals surface area contributed by atoms with Gasteiger partial charge in [0.1, 0.15) is 5.01 Å². The van der Waals surface area contributed by atoms with E-state index < -0.39 is 0 Å². The number of anilines is 1. The van der Waals surface area contributed by atoms with E-state index >= 15 is 0 Å². The van der Waals surface area contributed by atoms with Crippen molar-refractivity contribution in [3.63, 3.8) is 0 Å². The van der Waals surface area contributed by atoms with Gasteiger partial charge in [0, 0.05) is 17.8 Å². The predicted molar refractivity (Wildman–Crippen MR) is 102 cm³/mol. The molecule has 0 saturated heterocycles. The Balaban J connectivity index is 1.66. The topological polar surface area (TPSA) is 24.9 Å². The average Bonchev–Trinajstić information content (AvgIpc) is 2.98. The molecule has 120 valence electrons. The molecule has 0 atom stereocenters. The highest BCUT2D eigenvalue weighted by Gasteiger charge is 2.06. The second-order valence-corrected chi connectivity index (χ2v) is 7.09. The van der Waals surface area contributed by atoms with E-state index in [1.807, 2.05) is 0 Å². The highest BCUT2D eigenvalue weighted by Crippen LogP contribution is 2.31. The van der Waals surface area contributed by atoms with E-state index in [0.29, 0.717) is 0 Å². The lowest BCUT2D eigenvalue weighted by Gasteiger charge is -2.06. The van der Waals surface area contributed by atoms with E-state index in [4.69, 9.17) is 4.98 Å². The molecular weight excluding hydrogens is 300 g/mol. The molecule has 0 amide bonds. The summed E-state index contributed by atoms with van der Waals surface area (Å²) in [7, 11) is 0. The largest absolute Gasteiger partial charge is 0.385 e. The van der Waals surface area contributed by atoms with Gasteiger partial charge >= 0.3 is 0 Å². The van der Waals surface area contributed by atoms with Crippen LogP contribution in [0.25, 0.3) is 20.8 Å². The molecule has 0 aliphatic rings. The van der Waals surface area contributed by atoms with Crippen LogP contribution in [0.4, 0.5) is 5.69 Å². The van der Waals surface area contributed by atoms with Gasteiger partial charge in [0.15, 0.2) is 0 Å². The van der Waals surface area contributed by atoms with E-state index in [2.05, 4.69) is 61.6 Å². The fraction of sp³-hybridized carbons (Fsp3) is 0.350. The average molecular weight is 324 g/mol. The van der Waals surface area contributed by atoms with E-state index in [1.165, 1.54) is 47.2 Å². The van der Waals surface area contributed by atoms with E-state index in [1.54, 1.807) is 11.3 Å². The summed E-state index contributed by atoms with van der Waals surface area (Å²) in [6.45, 7) is 5.43. The molecule has 0 aliphatic carbocycles. The molecule has 1 heterocycles. The van der Waals surface area contributed by atoms with Gasteiger partial charge in [-0.1, -0.05) is 32.3 Å². The molecule has 1 N–H and O–H groups in total. The number of hydrogen-bond acceptors (Lipinski definition) is 3. The first kappa shape index (κ1) is 16.0. The van der Waals surface area contributed by atoms with Crippen molar-refractivity contribution < 1.29 is 0 Å². The van der Waals surface area contributed by atoms with Crippen LogP contribution in [0.15, 0.2) is 42.5 Å². The molecule has 0 saturated carbocycles. The molecule has 23 heavy (non-hydrogen) atoms. The number of aryl methyl sites for hydroxylation is 1. The Morgan fingerprint density at radius 1 is 1.00 bits per heavy atom. The van der Waals surface area contributed by atoms with Crippen LogP contribution in [0.3, 0.4) is 0 Å². The number of hydrogen-bond donors (Lipinski definition) is 1. The zero-order valence-corrected chi connectivity index (χ0v) is 14.7. The Morgan fingerprint density at radius 3 is 2.61 bits per heavy atom. The fourth-order valence-electron chi connectivity index (χ4n) is 2.67.